The molecule has 40 heavy (non-hydrogen) atoms. The number of phenols is 2. The summed E-state index contributed by atoms with van der Waals surface area (Å²) in [7, 11) is 4.32. The van der Waals surface area contributed by atoms with E-state index in [9.17, 15) is 24.9 Å². The zero-order chi connectivity index (χ0) is 30.1. The third kappa shape index (κ3) is 8.23. The maximum absolute atomic E-state index is 12.9. The van der Waals surface area contributed by atoms with Crippen molar-refractivity contribution >= 4 is 17.7 Å². The van der Waals surface area contributed by atoms with Crippen molar-refractivity contribution in [1.29, 1.82) is 0 Å². The maximum atomic E-state index is 12.9. The average Bonchev–Trinajstić information content (AvgIpc) is 2.90. The molecule has 222 valence electrons. The molecule has 0 saturated carbocycles. The number of aliphatic hydroxyl groups is 1. The zero-order valence-corrected chi connectivity index (χ0v) is 24.1. The molecule has 0 radical (unpaired) electrons. The van der Waals surface area contributed by atoms with Crippen LogP contribution in [0.2, 0.25) is 0 Å². The number of ether oxygens (including phenoxy) is 4. The molecule has 0 aliphatic carbocycles. The van der Waals surface area contributed by atoms with Crippen LogP contribution in [0.1, 0.15) is 39.7 Å². The van der Waals surface area contributed by atoms with Gasteiger partial charge in [0.15, 0.2) is 17.6 Å². The minimum atomic E-state index is -0.991. The number of allylic oxidation sites excluding steroid dienone is 2. The standard InChI is InChI=1S/C29H42N2O9/c1-15-11-19-25(34)20(14-21(32)27(19)39-7)31-28(35)16(2)9-8-10-22(37-5)26(40-29(30)36)18(4)13-17(3)24(33)23(12-15)38-6/h8-10,13-15,17,22-24,26,32-34H,11-12H2,1-7H3,(H2,30,36)(H,31,35)/b10-8-,16-9+,18-13+/t15-,17+,22+,23+,24-,26-/m1/s1. The second kappa shape index (κ2) is 14.7. The number of phenolic OH excluding ortho intramolecular Hbond substituents is 2. The number of benzene rings is 1. The van der Waals surface area contributed by atoms with Gasteiger partial charge in [-0.05, 0) is 38.2 Å². The number of rotatable bonds is 4. The fraction of sp³-hybridized carbons (Fsp3) is 0.517. The Kier molecular flexibility index (Phi) is 12.0. The predicted octanol–water partition coefficient (Wildman–Crippen LogP) is 3.57. The molecule has 6 N–H and O–H groups in total. The number of methoxy groups -OCH3 is 3. The van der Waals surface area contributed by atoms with Crippen LogP contribution in [0.4, 0.5) is 10.5 Å². The quantitative estimate of drug-likeness (QED) is 0.209. The van der Waals surface area contributed by atoms with Gasteiger partial charge in [0.1, 0.15) is 11.9 Å². The van der Waals surface area contributed by atoms with Gasteiger partial charge in [0, 0.05) is 37.3 Å². The number of carbonyl (C=O) groups excluding carboxylic acids is 2. The summed E-state index contributed by atoms with van der Waals surface area (Å²) in [6.45, 7) is 7.04. The number of aliphatic hydroxyl groups excluding tert-OH is 1. The lowest BCUT2D eigenvalue weighted by molar-refractivity contribution is -0.112. The summed E-state index contributed by atoms with van der Waals surface area (Å²) in [6.07, 6.45) is 2.93. The summed E-state index contributed by atoms with van der Waals surface area (Å²) in [5, 5.41) is 35.4. The molecule has 0 fully saturated rings. The van der Waals surface area contributed by atoms with Crippen molar-refractivity contribution in [3.63, 3.8) is 0 Å². The number of nitrogens with two attached hydrogens (primary N) is 1. The minimum Gasteiger partial charge on any atom is -0.505 e. The van der Waals surface area contributed by atoms with Crippen molar-refractivity contribution in [1.82, 2.24) is 0 Å². The summed E-state index contributed by atoms with van der Waals surface area (Å²) in [5.74, 6) is -1.48. The first kappa shape index (κ1) is 32.7. The highest BCUT2D eigenvalue weighted by Crippen LogP contribution is 2.43. The Morgan fingerprint density at radius 1 is 1.12 bits per heavy atom. The SMILES string of the molecule is COc1c(O)cc2c(O)c1C[C@@H](C)C[C@H](OC)[C@H](O)[C@@H](C)/C=C(\C)[C@@H](OC(N)=O)[C@@H](OC)/C=C\C=C(/C)C(=O)N2. The fourth-order valence-electron chi connectivity index (χ4n) is 4.81. The summed E-state index contributed by atoms with van der Waals surface area (Å²) in [5.41, 5.74) is 6.54. The number of primary amides is 1. The number of anilines is 1. The average molecular weight is 563 g/mol. The fourth-order valence-corrected chi connectivity index (χ4v) is 4.81. The van der Waals surface area contributed by atoms with Gasteiger partial charge in [-0.15, -0.1) is 0 Å². The molecule has 2 rings (SSSR count). The monoisotopic (exact) mass is 562 g/mol. The van der Waals surface area contributed by atoms with Crippen LogP contribution in [-0.4, -0.2) is 73.1 Å². The second-order valence-corrected chi connectivity index (χ2v) is 10.1. The van der Waals surface area contributed by atoms with Crippen molar-refractivity contribution in [2.45, 2.75) is 65.0 Å². The van der Waals surface area contributed by atoms with Gasteiger partial charge in [0.2, 0.25) is 0 Å². The van der Waals surface area contributed by atoms with Crippen LogP contribution in [0.15, 0.2) is 41.5 Å². The van der Waals surface area contributed by atoms with Gasteiger partial charge in [-0.2, -0.15) is 0 Å². The van der Waals surface area contributed by atoms with Gasteiger partial charge >= 0.3 is 6.09 Å². The Morgan fingerprint density at radius 3 is 2.38 bits per heavy atom. The predicted molar refractivity (Wildman–Crippen MR) is 150 cm³/mol. The highest BCUT2D eigenvalue weighted by atomic mass is 16.6. The van der Waals surface area contributed by atoms with Crippen molar-refractivity contribution in [3.05, 3.63) is 47.1 Å². The van der Waals surface area contributed by atoms with Crippen molar-refractivity contribution in [2.24, 2.45) is 17.6 Å². The first-order chi connectivity index (χ1) is 18.8. The molecule has 1 aliphatic heterocycles. The van der Waals surface area contributed by atoms with E-state index in [0.29, 0.717) is 17.6 Å². The third-order valence-corrected chi connectivity index (χ3v) is 6.98. The highest BCUT2D eigenvalue weighted by Gasteiger charge is 2.30. The molecular formula is C29H42N2O9. The number of nitrogens with one attached hydrogen (secondary N) is 1. The zero-order valence-electron chi connectivity index (χ0n) is 24.1. The van der Waals surface area contributed by atoms with E-state index in [2.05, 4.69) is 5.32 Å². The molecule has 0 spiro atoms. The molecular weight excluding hydrogens is 520 g/mol. The molecule has 11 heteroatoms. The molecule has 1 aromatic carbocycles. The molecule has 0 aromatic heterocycles. The van der Waals surface area contributed by atoms with Gasteiger partial charge in [-0.3, -0.25) is 4.79 Å². The van der Waals surface area contributed by atoms with Gasteiger partial charge < -0.3 is 45.3 Å². The van der Waals surface area contributed by atoms with E-state index in [1.807, 2.05) is 13.8 Å². The molecule has 1 aliphatic rings. The van der Waals surface area contributed by atoms with Crippen LogP contribution in [-0.2, 0) is 25.4 Å². The molecule has 2 amide bonds. The summed E-state index contributed by atoms with van der Waals surface area (Å²) in [6, 6.07) is 1.22. The highest BCUT2D eigenvalue weighted by molar-refractivity contribution is 6.04. The van der Waals surface area contributed by atoms with Crippen LogP contribution >= 0.6 is 0 Å². The van der Waals surface area contributed by atoms with Crippen LogP contribution < -0.4 is 15.8 Å². The van der Waals surface area contributed by atoms with Crippen LogP contribution in [0, 0.1) is 11.8 Å². The number of hydrogen-bond donors (Lipinski definition) is 5. The Morgan fingerprint density at radius 2 is 1.80 bits per heavy atom. The van der Waals surface area contributed by atoms with Gasteiger partial charge in [-0.25, -0.2) is 4.79 Å². The second-order valence-electron chi connectivity index (χ2n) is 10.1. The Bertz CT molecular complexity index is 1140. The molecule has 6 atom stereocenters. The van der Waals surface area contributed by atoms with E-state index >= 15 is 0 Å². The van der Waals surface area contributed by atoms with Crippen molar-refractivity contribution < 1.29 is 43.9 Å². The lowest BCUT2D eigenvalue weighted by Gasteiger charge is -2.29. The summed E-state index contributed by atoms with van der Waals surface area (Å²) in [4.78, 5) is 24.6. The van der Waals surface area contributed by atoms with Crippen LogP contribution in [0.5, 0.6) is 17.2 Å². The number of aromatic hydroxyl groups is 2. The molecule has 11 nitrogen and oxygen atoms in total. The van der Waals surface area contributed by atoms with E-state index in [0.717, 1.165) is 0 Å². The largest absolute Gasteiger partial charge is 0.505 e. The molecule has 0 saturated heterocycles. The smallest absolute Gasteiger partial charge is 0.405 e. The molecule has 1 aromatic rings. The molecule has 2 bridgehead atoms. The Labute approximate surface area is 235 Å². The lowest BCUT2D eigenvalue weighted by Crippen LogP contribution is -2.37. The Balaban J connectivity index is 2.65. The number of hydrogen-bond acceptors (Lipinski definition) is 9. The maximum Gasteiger partial charge on any atom is 0.405 e. The first-order valence-electron chi connectivity index (χ1n) is 13.0. The molecule has 0 unspecified atom stereocenters. The topological polar surface area (TPSA) is 170 Å². The minimum absolute atomic E-state index is 0.0154. The van der Waals surface area contributed by atoms with Gasteiger partial charge in [0.25, 0.3) is 5.91 Å². The Hall–Kier alpha value is -3.54. The summed E-state index contributed by atoms with van der Waals surface area (Å²) < 4.78 is 21.9. The summed E-state index contributed by atoms with van der Waals surface area (Å²) >= 11 is 0. The van der Waals surface area contributed by atoms with E-state index in [-0.39, 0.29) is 40.8 Å². The number of fused-ring (bicyclic) bond motifs is 2. The van der Waals surface area contributed by atoms with Gasteiger partial charge in [-0.1, -0.05) is 38.2 Å². The number of carbonyl (C=O) groups is 2. The van der Waals surface area contributed by atoms with E-state index < -0.39 is 42.3 Å². The first-order valence-corrected chi connectivity index (χ1v) is 13.0. The molecule has 1 heterocycles. The van der Waals surface area contributed by atoms with E-state index in [1.54, 1.807) is 32.1 Å². The third-order valence-electron chi connectivity index (χ3n) is 6.98. The van der Waals surface area contributed by atoms with E-state index in [1.165, 1.54) is 33.5 Å². The van der Waals surface area contributed by atoms with Crippen molar-refractivity contribution in [3.8, 4) is 17.2 Å². The van der Waals surface area contributed by atoms with Crippen LogP contribution in [0.25, 0.3) is 0 Å². The van der Waals surface area contributed by atoms with Gasteiger partial charge in [0.05, 0.1) is 25.0 Å². The van der Waals surface area contributed by atoms with E-state index in [4.69, 9.17) is 24.7 Å². The van der Waals surface area contributed by atoms with Crippen LogP contribution in [0.3, 0.4) is 0 Å². The normalized spacial score (nSPS) is 30.2. The van der Waals surface area contributed by atoms with Crippen molar-refractivity contribution in [2.75, 3.05) is 26.6 Å². The lowest BCUT2D eigenvalue weighted by atomic mass is 9.88. The number of amides is 2.